The zero-order valence-corrected chi connectivity index (χ0v) is 22.6. The summed E-state index contributed by atoms with van der Waals surface area (Å²) in [6, 6.07) is 6.17. The zero-order valence-electron chi connectivity index (χ0n) is 20.2. The van der Waals surface area contributed by atoms with Crippen LogP contribution in [0.1, 0.15) is 31.7 Å². The molecule has 1 unspecified atom stereocenters. The minimum absolute atomic E-state index is 0.0213. The van der Waals surface area contributed by atoms with E-state index in [1.54, 1.807) is 12.1 Å². The molecule has 2 rings (SSSR count). The number of nitrogens with zero attached hydrogens (tertiary/aromatic N) is 2. The van der Waals surface area contributed by atoms with E-state index in [2.05, 4.69) is 22.0 Å². The van der Waals surface area contributed by atoms with Gasteiger partial charge in [-0.1, -0.05) is 25.5 Å². The topological polar surface area (TPSA) is 167 Å². The van der Waals surface area contributed by atoms with Gasteiger partial charge in [-0.05, 0) is 56.6 Å². The highest BCUT2D eigenvalue weighted by atomic mass is 32.2. The van der Waals surface area contributed by atoms with Gasteiger partial charge in [0, 0.05) is 32.7 Å². The van der Waals surface area contributed by atoms with Gasteiger partial charge in [0.1, 0.15) is 0 Å². The molecule has 1 aliphatic heterocycles. The Labute approximate surface area is 212 Å². The molecule has 1 aromatic carbocycles. The molecule has 0 aliphatic carbocycles. The maximum Gasteiger partial charge on any atom is 0.265 e. The third kappa shape index (κ3) is 15.7. The van der Waals surface area contributed by atoms with Crippen molar-refractivity contribution in [2.24, 2.45) is 0 Å². The zero-order chi connectivity index (χ0) is 26.3. The Morgan fingerprint density at radius 2 is 1.46 bits per heavy atom. The molecule has 1 aromatic rings. The summed E-state index contributed by atoms with van der Waals surface area (Å²) in [5.41, 5.74) is 0.667. The molecule has 1 fully saturated rings. The van der Waals surface area contributed by atoms with E-state index in [4.69, 9.17) is 17.9 Å². The number of unbranched alkanes of at least 4 members (excludes halogenated alkanes) is 1. The molecule has 0 amide bonds. The van der Waals surface area contributed by atoms with Crippen LogP contribution in [0.2, 0.25) is 0 Å². The number of nitrogens with one attached hydrogen (secondary N) is 1. The average molecular weight is 557 g/mol. The van der Waals surface area contributed by atoms with Gasteiger partial charge in [-0.25, -0.2) is 12.6 Å². The summed E-state index contributed by atoms with van der Waals surface area (Å²) in [4.78, 5) is 5.24. The van der Waals surface area contributed by atoms with Gasteiger partial charge in [0.25, 0.3) is 10.1 Å². The molecular weight excluding hydrogens is 518 g/mol. The lowest BCUT2D eigenvalue weighted by atomic mass is 10.2. The van der Waals surface area contributed by atoms with E-state index in [1.807, 2.05) is 0 Å². The van der Waals surface area contributed by atoms with E-state index < -0.39 is 31.3 Å². The second kappa shape index (κ2) is 16.7. The van der Waals surface area contributed by atoms with Crippen molar-refractivity contribution in [1.29, 1.82) is 0 Å². The Kier molecular flexibility index (Phi) is 15.3. The summed E-state index contributed by atoms with van der Waals surface area (Å²) in [5.74, 6) is -0.356. The molecule has 0 radical (unpaired) electrons. The van der Waals surface area contributed by atoms with Crippen LogP contribution in [0.25, 0.3) is 0 Å². The number of aryl methyl sites for hydroxylation is 1. The van der Waals surface area contributed by atoms with E-state index >= 15 is 0 Å². The third-order valence-electron chi connectivity index (χ3n) is 5.60. The maximum atomic E-state index is 12.5. The number of piperazine rings is 1. The van der Waals surface area contributed by atoms with Crippen LogP contribution in [0.4, 0.5) is 0 Å². The summed E-state index contributed by atoms with van der Waals surface area (Å²) in [6.07, 6.45) is 3.65. The van der Waals surface area contributed by atoms with Crippen LogP contribution in [-0.2, 0) is 37.7 Å². The average Bonchev–Trinajstić information content (AvgIpc) is 2.79. The SMILES string of the molecule is CCCCN1CCN(CCCNCCS(=O)(=O)c2ccc(CCS(=O)(=O)O)cc2)CC1.O=S([O-])O. The minimum atomic E-state index is -4.03. The second-order valence-corrected chi connectivity index (χ2v) is 12.5. The molecule has 1 aliphatic rings. The molecular formula is C21H38N3O8S3-. The molecule has 1 atom stereocenters. The minimum Gasteiger partial charge on any atom is -0.750 e. The molecule has 11 nitrogen and oxygen atoms in total. The summed E-state index contributed by atoms with van der Waals surface area (Å²) >= 11 is -2.86. The highest BCUT2D eigenvalue weighted by molar-refractivity contribution is 7.91. The Hall–Kier alpha value is -0.970. The first-order valence-electron chi connectivity index (χ1n) is 11.6. The Bertz CT molecular complexity index is 945. The quantitative estimate of drug-likeness (QED) is 0.167. The number of hydrogen-bond acceptors (Lipinski definition) is 9. The van der Waals surface area contributed by atoms with Crippen molar-refractivity contribution in [3.63, 3.8) is 0 Å². The molecule has 0 saturated carbocycles. The standard InChI is InChI=1S/C21H37N3O5S2.H2O3S/c1-2-3-12-23-14-16-24(17-15-23)13-4-10-22-11-19-30(25,26)21-7-5-20(6-8-21)9-18-31(27,28)29;1-4(2)3/h5-8,22H,2-4,9-19H2,1H3,(H,27,28,29);(H2,1,2,3)/p-1. The number of rotatable bonds is 14. The van der Waals surface area contributed by atoms with Crippen LogP contribution in [0.3, 0.4) is 0 Å². The molecule has 204 valence electrons. The highest BCUT2D eigenvalue weighted by Crippen LogP contribution is 2.13. The molecule has 35 heavy (non-hydrogen) atoms. The van der Waals surface area contributed by atoms with E-state index in [9.17, 15) is 16.8 Å². The predicted molar refractivity (Wildman–Crippen MR) is 135 cm³/mol. The van der Waals surface area contributed by atoms with Gasteiger partial charge in [-0.2, -0.15) is 8.42 Å². The number of hydrogen-bond donors (Lipinski definition) is 3. The highest BCUT2D eigenvalue weighted by Gasteiger charge is 2.16. The van der Waals surface area contributed by atoms with Gasteiger partial charge in [-0.3, -0.25) is 4.55 Å². The fourth-order valence-electron chi connectivity index (χ4n) is 3.61. The summed E-state index contributed by atoms with van der Waals surface area (Å²) in [7, 11) is -7.41. The first-order valence-corrected chi connectivity index (χ1v) is 15.9. The van der Waals surface area contributed by atoms with E-state index in [-0.39, 0.29) is 22.8 Å². The Balaban J connectivity index is 0.00000142. The molecule has 0 bridgehead atoms. The monoisotopic (exact) mass is 556 g/mol. The molecule has 14 heteroatoms. The lowest BCUT2D eigenvalue weighted by Gasteiger charge is -2.34. The van der Waals surface area contributed by atoms with Gasteiger partial charge in [0.15, 0.2) is 9.84 Å². The lowest BCUT2D eigenvalue weighted by molar-refractivity contribution is 0.130. The smallest absolute Gasteiger partial charge is 0.265 e. The van der Waals surface area contributed by atoms with Gasteiger partial charge in [-0.15, -0.1) is 0 Å². The van der Waals surface area contributed by atoms with E-state index in [0.717, 1.165) is 45.7 Å². The Morgan fingerprint density at radius 1 is 0.943 bits per heavy atom. The van der Waals surface area contributed by atoms with E-state index in [0.29, 0.717) is 12.1 Å². The van der Waals surface area contributed by atoms with Crippen molar-refractivity contribution in [3.8, 4) is 0 Å². The maximum absolute atomic E-state index is 12.5. The summed E-state index contributed by atoms with van der Waals surface area (Å²) in [5, 5.41) is 3.23. The normalized spacial score (nSPS) is 16.5. The van der Waals surface area contributed by atoms with Crippen LogP contribution < -0.4 is 5.32 Å². The molecule has 0 spiro atoms. The largest absolute Gasteiger partial charge is 0.750 e. The van der Waals surface area contributed by atoms with Crippen LogP contribution in [-0.4, -0.2) is 108 Å². The van der Waals surface area contributed by atoms with Gasteiger partial charge in [0.05, 0.1) is 27.8 Å². The van der Waals surface area contributed by atoms with Crippen molar-refractivity contribution >= 4 is 31.3 Å². The van der Waals surface area contributed by atoms with Crippen LogP contribution in [0.5, 0.6) is 0 Å². The Morgan fingerprint density at radius 3 is 1.94 bits per heavy atom. The number of sulfone groups is 1. The van der Waals surface area contributed by atoms with Crippen molar-refractivity contribution in [1.82, 2.24) is 15.1 Å². The predicted octanol–water partition coefficient (Wildman–Crippen LogP) is 0.627. The van der Waals surface area contributed by atoms with E-state index in [1.165, 1.54) is 31.5 Å². The van der Waals surface area contributed by atoms with Crippen LogP contribution >= 0.6 is 0 Å². The number of benzene rings is 1. The lowest BCUT2D eigenvalue weighted by Crippen LogP contribution is -2.47. The first-order chi connectivity index (χ1) is 16.4. The van der Waals surface area contributed by atoms with Gasteiger partial charge in [0.2, 0.25) is 0 Å². The fourth-order valence-corrected chi connectivity index (χ4v) is 5.30. The molecule has 1 saturated heterocycles. The van der Waals surface area contributed by atoms with Crippen molar-refractivity contribution in [2.75, 3.05) is 63.9 Å². The molecule has 3 N–H and O–H groups in total. The summed E-state index contributed by atoms with van der Waals surface area (Å²) < 4.78 is 79.4. The van der Waals surface area contributed by atoms with Crippen molar-refractivity contribution in [3.05, 3.63) is 29.8 Å². The third-order valence-corrected chi connectivity index (χ3v) is 8.05. The second-order valence-electron chi connectivity index (χ2n) is 8.36. The molecule has 1 heterocycles. The van der Waals surface area contributed by atoms with Crippen LogP contribution in [0, 0.1) is 0 Å². The summed E-state index contributed by atoms with van der Waals surface area (Å²) in [6.45, 7) is 10.1. The first kappa shape index (κ1) is 32.1. The fraction of sp³-hybridized carbons (Fsp3) is 0.714. The van der Waals surface area contributed by atoms with Gasteiger partial charge >= 0.3 is 0 Å². The van der Waals surface area contributed by atoms with Crippen molar-refractivity contribution < 1.29 is 34.7 Å². The molecule has 0 aromatic heterocycles. The van der Waals surface area contributed by atoms with Crippen molar-refractivity contribution in [2.45, 2.75) is 37.5 Å². The van der Waals surface area contributed by atoms with Gasteiger partial charge < -0.3 is 24.2 Å². The van der Waals surface area contributed by atoms with Crippen LogP contribution in [0.15, 0.2) is 29.2 Å².